The number of benzene rings is 1. The van der Waals surface area contributed by atoms with Gasteiger partial charge >= 0.3 is 6.03 Å². The Morgan fingerprint density at radius 3 is 2.68 bits per heavy atom. The van der Waals surface area contributed by atoms with Crippen LogP contribution >= 0.6 is 0 Å². The van der Waals surface area contributed by atoms with Gasteiger partial charge in [0.1, 0.15) is 11.6 Å². The summed E-state index contributed by atoms with van der Waals surface area (Å²) >= 11 is 0. The summed E-state index contributed by atoms with van der Waals surface area (Å²) in [6.45, 7) is 3.55. The Bertz CT molecular complexity index is 1210. The highest BCUT2D eigenvalue weighted by atomic mass is 19.1. The van der Waals surface area contributed by atoms with Crippen molar-refractivity contribution in [1.29, 1.82) is 0 Å². The highest BCUT2D eigenvalue weighted by molar-refractivity contribution is 5.92. The Hall–Kier alpha value is -3.53. The molecule has 0 aliphatic carbocycles. The van der Waals surface area contributed by atoms with Gasteiger partial charge in [-0.25, -0.2) is 13.6 Å². The molecule has 180 valence electrons. The lowest BCUT2D eigenvalue weighted by molar-refractivity contribution is -0.127. The van der Waals surface area contributed by atoms with E-state index >= 15 is 0 Å². The Balaban J connectivity index is 1.82. The van der Waals surface area contributed by atoms with Crippen LogP contribution in [-0.4, -0.2) is 45.7 Å². The number of urea groups is 1. The number of pyridine rings is 1. The average molecular weight is 472 g/mol. The summed E-state index contributed by atoms with van der Waals surface area (Å²) in [5.41, 5.74) is 0.290. The highest BCUT2D eigenvalue weighted by Gasteiger charge is 2.57. The Labute approximate surface area is 194 Å². The van der Waals surface area contributed by atoms with Crippen LogP contribution in [0.4, 0.5) is 19.3 Å². The van der Waals surface area contributed by atoms with Crippen LogP contribution in [0.5, 0.6) is 0 Å². The van der Waals surface area contributed by atoms with Gasteiger partial charge in [0.2, 0.25) is 5.91 Å². The van der Waals surface area contributed by atoms with E-state index < -0.39 is 48.2 Å². The molecule has 8 nitrogen and oxygen atoms in total. The molecule has 3 N–H and O–H groups in total. The van der Waals surface area contributed by atoms with Crippen LogP contribution in [0.2, 0.25) is 0 Å². The lowest BCUT2D eigenvalue weighted by atomic mass is 9.86. The molecule has 2 aliphatic rings. The van der Waals surface area contributed by atoms with Crippen LogP contribution in [0.15, 0.2) is 41.2 Å². The summed E-state index contributed by atoms with van der Waals surface area (Å²) < 4.78 is 29.4. The van der Waals surface area contributed by atoms with Crippen LogP contribution in [0.1, 0.15) is 31.1 Å². The molecule has 0 saturated carbocycles. The number of hydrogen-bond acceptors (Lipinski definition) is 4. The van der Waals surface area contributed by atoms with Gasteiger partial charge in [0.15, 0.2) is 0 Å². The molecule has 0 unspecified atom stereocenters. The fourth-order valence-corrected chi connectivity index (χ4v) is 5.07. The van der Waals surface area contributed by atoms with Crippen molar-refractivity contribution in [2.45, 2.75) is 32.5 Å². The summed E-state index contributed by atoms with van der Waals surface area (Å²) in [6.07, 6.45) is 3.41. The van der Waals surface area contributed by atoms with Crippen molar-refractivity contribution < 1.29 is 23.5 Å². The van der Waals surface area contributed by atoms with E-state index in [4.69, 9.17) is 0 Å². The predicted molar refractivity (Wildman–Crippen MR) is 122 cm³/mol. The van der Waals surface area contributed by atoms with Crippen LogP contribution < -0.4 is 16.2 Å². The van der Waals surface area contributed by atoms with Gasteiger partial charge < -0.3 is 25.2 Å². The average Bonchev–Trinajstić information content (AvgIpc) is 3.05. The predicted octanol–water partition coefficient (Wildman–Crippen LogP) is 2.49. The molecule has 4 atom stereocenters. The molecule has 2 aromatic rings. The third kappa shape index (κ3) is 3.87. The Morgan fingerprint density at radius 2 is 2.00 bits per heavy atom. The number of aromatic nitrogens is 1. The lowest BCUT2D eigenvalue weighted by Crippen LogP contribution is -2.50. The number of carbonyl (C=O) groups excluding carboxylic acids is 2. The molecule has 4 rings (SSSR count). The van der Waals surface area contributed by atoms with E-state index in [0.29, 0.717) is 17.8 Å². The van der Waals surface area contributed by atoms with E-state index in [0.717, 1.165) is 18.2 Å². The fourth-order valence-electron chi connectivity index (χ4n) is 5.07. The summed E-state index contributed by atoms with van der Waals surface area (Å²) in [5.74, 6) is -3.39. The van der Waals surface area contributed by atoms with Gasteiger partial charge in [-0.05, 0) is 38.1 Å². The highest BCUT2D eigenvalue weighted by Crippen LogP contribution is 2.48. The van der Waals surface area contributed by atoms with E-state index in [1.54, 1.807) is 38.1 Å². The molecule has 0 radical (unpaired) electrons. The molecule has 1 saturated heterocycles. The largest absolute Gasteiger partial charge is 0.396 e. The van der Waals surface area contributed by atoms with E-state index in [2.05, 4.69) is 10.6 Å². The van der Waals surface area contributed by atoms with E-state index in [-0.39, 0.29) is 23.7 Å². The third-order valence-corrected chi connectivity index (χ3v) is 6.48. The summed E-state index contributed by atoms with van der Waals surface area (Å²) in [4.78, 5) is 40.9. The van der Waals surface area contributed by atoms with Gasteiger partial charge in [0, 0.05) is 42.9 Å². The molecule has 1 aromatic heterocycles. The van der Waals surface area contributed by atoms with Gasteiger partial charge in [-0.2, -0.15) is 0 Å². The van der Waals surface area contributed by atoms with Crippen LogP contribution in [0.3, 0.4) is 0 Å². The number of aliphatic hydroxyl groups is 1. The normalized spacial score (nSPS) is 23.1. The SMILES string of the molecule is C/C=C\c1ccc2n(c1=O)C[C@H]1[C@H](CO)[C@@H](C(=O)NCC)[C@@H]2N1C(=O)Nc1cc(F)ccc1F. The van der Waals surface area contributed by atoms with Gasteiger partial charge in [0.05, 0.1) is 23.7 Å². The zero-order valence-electron chi connectivity index (χ0n) is 18.8. The third-order valence-electron chi connectivity index (χ3n) is 6.48. The molecule has 2 bridgehead atoms. The van der Waals surface area contributed by atoms with Crippen LogP contribution in [-0.2, 0) is 11.3 Å². The van der Waals surface area contributed by atoms with E-state index in [1.165, 1.54) is 9.47 Å². The number of rotatable bonds is 5. The minimum absolute atomic E-state index is 0.0518. The Kier molecular flexibility index (Phi) is 6.52. The fraction of sp³-hybridized carbons (Fsp3) is 0.375. The first-order valence-corrected chi connectivity index (χ1v) is 11.1. The first-order valence-electron chi connectivity index (χ1n) is 11.1. The second kappa shape index (κ2) is 9.38. The second-order valence-corrected chi connectivity index (χ2v) is 8.37. The van der Waals surface area contributed by atoms with Gasteiger partial charge in [-0.1, -0.05) is 12.2 Å². The first-order chi connectivity index (χ1) is 16.3. The minimum Gasteiger partial charge on any atom is -0.396 e. The molecular formula is C24H26F2N4O4. The molecular weight excluding hydrogens is 446 g/mol. The number of halogens is 2. The summed E-state index contributed by atoms with van der Waals surface area (Å²) in [7, 11) is 0. The maximum atomic E-state index is 14.2. The van der Waals surface area contributed by atoms with Crippen molar-refractivity contribution in [2.24, 2.45) is 11.8 Å². The number of hydrogen-bond donors (Lipinski definition) is 3. The molecule has 1 aromatic carbocycles. The minimum atomic E-state index is -0.883. The Morgan fingerprint density at radius 1 is 1.24 bits per heavy atom. The molecule has 1 fully saturated rings. The number of carbonyl (C=O) groups is 2. The summed E-state index contributed by atoms with van der Waals surface area (Å²) in [5, 5.41) is 15.4. The van der Waals surface area contributed by atoms with Gasteiger partial charge in [0.25, 0.3) is 5.56 Å². The molecule has 2 aliphatic heterocycles. The number of fused-ring (bicyclic) bond motifs is 4. The van der Waals surface area contributed by atoms with Crippen molar-refractivity contribution in [3.8, 4) is 0 Å². The maximum Gasteiger partial charge on any atom is 0.322 e. The van der Waals surface area contributed by atoms with Crippen LogP contribution in [0.25, 0.3) is 6.08 Å². The number of allylic oxidation sites excluding steroid dienone is 1. The first kappa shape index (κ1) is 23.6. The topological polar surface area (TPSA) is 104 Å². The maximum absolute atomic E-state index is 14.2. The zero-order valence-corrected chi connectivity index (χ0v) is 18.8. The lowest BCUT2D eigenvalue weighted by Gasteiger charge is -2.38. The molecule has 10 heteroatoms. The number of nitrogens with zero attached hydrogens (tertiary/aromatic N) is 2. The molecule has 3 amide bonds. The summed E-state index contributed by atoms with van der Waals surface area (Å²) in [6, 6.07) is 3.67. The van der Waals surface area contributed by atoms with Gasteiger partial charge in [-0.15, -0.1) is 0 Å². The number of aliphatic hydroxyl groups excluding tert-OH is 1. The monoisotopic (exact) mass is 472 g/mol. The zero-order chi connectivity index (χ0) is 24.6. The second-order valence-electron chi connectivity index (χ2n) is 8.37. The van der Waals surface area contributed by atoms with Crippen molar-refractivity contribution >= 4 is 23.7 Å². The number of nitrogens with one attached hydrogen (secondary N) is 2. The number of anilines is 1. The quantitative estimate of drug-likeness (QED) is 0.622. The number of amides is 3. The van der Waals surface area contributed by atoms with Crippen molar-refractivity contribution in [3.63, 3.8) is 0 Å². The molecule has 3 heterocycles. The van der Waals surface area contributed by atoms with Crippen molar-refractivity contribution in [1.82, 2.24) is 14.8 Å². The van der Waals surface area contributed by atoms with Crippen LogP contribution in [0, 0.1) is 23.5 Å². The van der Waals surface area contributed by atoms with Crippen molar-refractivity contribution in [3.05, 3.63) is 69.7 Å². The molecule has 34 heavy (non-hydrogen) atoms. The standard InChI is InChI=1S/C24H26F2N4O4/c1-3-5-13-6-9-18-21-20(22(32)27-4-2)15(12-31)19(11-29(18)23(13)33)30(21)24(34)28-17-10-14(25)7-8-16(17)26/h3,5-10,15,19-21,31H,4,11-12H2,1-2H3,(H,27,32)(H,28,34)/b5-3-/t15-,19-,20+,21+/m0/s1. The molecule has 0 spiro atoms. The smallest absolute Gasteiger partial charge is 0.322 e. The van der Waals surface area contributed by atoms with Gasteiger partial charge in [-0.3, -0.25) is 9.59 Å². The van der Waals surface area contributed by atoms with E-state index in [9.17, 15) is 28.3 Å². The van der Waals surface area contributed by atoms with E-state index in [1.807, 2.05) is 0 Å². The van der Waals surface area contributed by atoms with Crippen molar-refractivity contribution in [2.75, 3.05) is 18.5 Å².